The van der Waals surface area contributed by atoms with Crippen LogP contribution in [0.3, 0.4) is 0 Å². The molecule has 0 aliphatic carbocycles. The Morgan fingerprint density at radius 2 is 2.22 bits per heavy atom. The summed E-state index contributed by atoms with van der Waals surface area (Å²) in [4.78, 5) is 25.4. The molecule has 1 aromatic rings. The van der Waals surface area contributed by atoms with Crippen molar-refractivity contribution in [2.45, 2.75) is 12.8 Å². The third-order valence-corrected chi connectivity index (χ3v) is 3.77. The largest absolute Gasteiger partial charge is 0.483 e. The van der Waals surface area contributed by atoms with Gasteiger partial charge in [-0.2, -0.15) is 0 Å². The third-order valence-electron chi connectivity index (χ3n) is 3.46. The van der Waals surface area contributed by atoms with Crippen LogP contribution in [-0.4, -0.2) is 36.6 Å². The van der Waals surface area contributed by atoms with Crippen molar-refractivity contribution in [3.05, 3.63) is 36.0 Å². The van der Waals surface area contributed by atoms with Gasteiger partial charge in [0.25, 0.3) is 0 Å². The predicted octanol–water partition coefficient (Wildman–Crippen LogP) is 3.10. The van der Waals surface area contributed by atoms with Gasteiger partial charge in [0.2, 0.25) is 5.91 Å². The minimum absolute atomic E-state index is 0. The van der Waals surface area contributed by atoms with Gasteiger partial charge in [0.05, 0.1) is 10.9 Å². The van der Waals surface area contributed by atoms with Gasteiger partial charge in [-0.15, -0.1) is 0 Å². The molecule has 1 heterocycles. The van der Waals surface area contributed by atoms with Gasteiger partial charge in [0.1, 0.15) is 5.82 Å². The molecular weight excluding hydrogens is 369 g/mol. The van der Waals surface area contributed by atoms with E-state index in [-0.39, 0.29) is 46.5 Å². The quantitative estimate of drug-likeness (QED) is 0.642. The summed E-state index contributed by atoms with van der Waals surface area (Å²) >= 11 is 5.60. The van der Waals surface area contributed by atoms with Crippen LogP contribution in [0.1, 0.15) is 12.8 Å². The van der Waals surface area contributed by atoms with Gasteiger partial charge in [-0.05, 0) is 37.6 Å². The van der Waals surface area contributed by atoms with E-state index in [4.69, 9.17) is 16.3 Å². The third kappa shape index (κ3) is 5.36. The fraction of sp³-hybridized carbons (Fsp3) is 0.400. The van der Waals surface area contributed by atoms with Crippen LogP contribution in [0.25, 0.3) is 0 Å². The van der Waals surface area contributed by atoms with Gasteiger partial charge >= 0.3 is 6.09 Å². The first-order valence-electron chi connectivity index (χ1n) is 6.98. The van der Waals surface area contributed by atoms with Crippen molar-refractivity contribution in [1.82, 2.24) is 4.90 Å². The monoisotopic (exact) mass is 385 g/mol. The minimum atomic E-state index is -0.594. The number of anilines is 1. The number of benzene rings is 1. The normalized spacial score (nSPS) is 17.2. The Hall–Kier alpha value is -1.33. The van der Waals surface area contributed by atoms with Gasteiger partial charge in [-0.25, -0.2) is 9.18 Å². The second-order valence-corrected chi connectivity index (χ2v) is 5.42. The molecule has 1 atom stereocenters. The first-order chi connectivity index (χ1) is 10.5. The zero-order chi connectivity index (χ0) is 16.1. The van der Waals surface area contributed by atoms with Gasteiger partial charge < -0.3 is 21.9 Å². The second-order valence-electron chi connectivity index (χ2n) is 5.02. The molecule has 1 N–H and O–H groups in total. The Labute approximate surface area is 149 Å². The summed E-state index contributed by atoms with van der Waals surface area (Å²) in [6.07, 6.45) is 0.903. The SMILES string of the molecule is [CH2-]COC(=O)N1CCC[C@H](C(=O)Nc2ccc(Cl)c(F)c2)C1.[Ni]. The molecule has 8 heteroatoms. The van der Waals surface area contributed by atoms with Crippen molar-refractivity contribution in [2.75, 3.05) is 25.0 Å². The predicted molar refractivity (Wildman–Crippen MR) is 81.0 cm³/mol. The number of nitrogens with one attached hydrogen (secondary N) is 1. The zero-order valence-electron chi connectivity index (χ0n) is 12.3. The topological polar surface area (TPSA) is 58.6 Å². The molecule has 0 bridgehead atoms. The van der Waals surface area contributed by atoms with Crippen molar-refractivity contribution in [1.29, 1.82) is 0 Å². The van der Waals surface area contributed by atoms with Crippen LogP contribution in [0.4, 0.5) is 14.9 Å². The summed E-state index contributed by atoms with van der Waals surface area (Å²) in [5, 5.41) is 2.64. The van der Waals surface area contributed by atoms with E-state index in [9.17, 15) is 14.0 Å². The molecular formula is C15H17ClFN2NiO3-. The summed E-state index contributed by atoms with van der Waals surface area (Å²) < 4.78 is 18.2. The van der Waals surface area contributed by atoms with Crippen molar-refractivity contribution >= 4 is 29.3 Å². The molecule has 1 fully saturated rings. The molecule has 0 unspecified atom stereocenters. The van der Waals surface area contributed by atoms with Gasteiger partial charge in [0, 0.05) is 35.3 Å². The number of piperidine rings is 1. The van der Waals surface area contributed by atoms with E-state index in [0.717, 1.165) is 6.07 Å². The van der Waals surface area contributed by atoms with Gasteiger partial charge in [0.15, 0.2) is 0 Å². The average Bonchev–Trinajstić information content (AvgIpc) is 2.51. The van der Waals surface area contributed by atoms with E-state index >= 15 is 0 Å². The van der Waals surface area contributed by atoms with Gasteiger partial charge in [-0.3, -0.25) is 4.79 Å². The number of hydrogen-bond donors (Lipinski definition) is 1. The number of ether oxygens (including phenoxy) is 1. The number of amides is 2. The Morgan fingerprint density at radius 1 is 1.48 bits per heavy atom. The van der Waals surface area contributed by atoms with E-state index in [2.05, 4.69) is 12.2 Å². The fourth-order valence-corrected chi connectivity index (χ4v) is 2.47. The Morgan fingerprint density at radius 3 is 2.87 bits per heavy atom. The number of carbonyl (C=O) groups excluding carboxylic acids is 2. The molecule has 0 spiro atoms. The molecule has 0 aromatic heterocycles. The van der Waals surface area contributed by atoms with Crippen LogP contribution >= 0.6 is 11.6 Å². The number of rotatable bonds is 3. The molecule has 2 amide bonds. The van der Waals surface area contributed by atoms with Crippen LogP contribution < -0.4 is 5.32 Å². The molecule has 2 rings (SSSR count). The van der Waals surface area contributed by atoms with Crippen LogP contribution in [0, 0.1) is 18.7 Å². The molecule has 1 aromatic carbocycles. The van der Waals surface area contributed by atoms with E-state index in [0.29, 0.717) is 25.1 Å². The first kappa shape index (κ1) is 19.7. The summed E-state index contributed by atoms with van der Waals surface area (Å²) in [7, 11) is 0. The van der Waals surface area contributed by atoms with Gasteiger partial charge in [-0.1, -0.05) is 11.6 Å². The molecule has 1 saturated heterocycles. The van der Waals surface area contributed by atoms with Crippen molar-refractivity contribution < 1.29 is 35.2 Å². The summed E-state index contributed by atoms with van der Waals surface area (Å²) in [6, 6.07) is 4.07. The zero-order valence-corrected chi connectivity index (χ0v) is 14.0. The fourth-order valence-electron chi connectivity index (χ4n) is 2.35. The molecule has 23 heavy (non-hydrogen) atoms. The number of likely N-dealkylation sites (tertiary alicyclic amines) is 1. The van der Waals surface area contributed by atoms with Crippen LogP contribution in [0.5, 0.6) is 0 Å². The molecule has 1 aliphatic rings. The Balaban J connectivity index is 0.00000264. The summed E-state index contributed by atoms with van der Waals surface area (Å²) in [6.45, 7) is 4.33. The second kappa shape index (κ2) is 9.09. The first-order valence-corrected chi connectivity index (χ1v) is 7.36. The number of halogens is 2. The maximum absolute atomic E-state index is 13.4. The number of hydrogen-bond acceptors (Lipinski definition) is 3. The minimum Gasteiger partial charge on any atom is -0.483 e. The smallest absolute Gasteiger partial charge is 0.407 e. The molecule has 0 radical (unpaired) electrons. The van der Waals surface area contributed by atoms with Crippen molar-refractivity contribution in [3.63, 3.8) is 0 Å². The van der Waals surface area contributed by atoms with Crippen LogP contribution in [-0.2, 0) is 26.0 Å². The number of nitrogens with zero attached hydrogens (tertiary/aromatic N) is 1. The maximum Gasteiger partial charge on any atom is 0.407 e. The average molecular weight is 386 g/mol. The molecule has 5 nitrogen and oxygen atoms in total. The van der Waals surface area contributed by atoms with Crippen molar-refractivity contribution in [2.24, 2.45) is 5.92 Å². The summed E-state index contributed by atoms with van der Waals surface area (Å²) in [5.74, 6) is -1.21. The van der Waals surface area contributed by atoms with E-state index in [1.807, 2.05) is 0 Å². The summed E-state index contributed by atoms with van der Waals surface area (Å²) in [5.41, 5.74) is 0.337. The van der Waals surface area contributed by atoms with Crippen LogP contribution in [0.2, 0.25) is 5.02 Å². The standard InChI is InChI=1S/C15H17ClFN2O3.Ni/c1-2-22-15(21)19-7-3-4-10(9-19)14(20)18-11-5-6-12(16)13(17)8-11;/h5-6,8,10H,1-4,7,9H2,(H,18,20);/q-1;/t10-;/m0./s1. The van der Waals surface area contributed by atoms with Crippen molar-refractivity contribution in [3.8, 4) is 0 Å². The molecule has 130 valence electrons. The Bertz CT molecular complexity index is 574. The van der Waals surface area contributed by atoms with Crippen LogP contribution in [0.15, 0.2) is 18.2 Å². The van der Waals surface area contributed by atoms with E-state index in [1.165, 1.54) is 17.0 Å². The van der Waals surface area contributed by atoms with E-state index in [1.54, 1.807) is 0 Å². The molecule has 1 aliphatic heterocycles. The number of carbonyl (C=O) groups is 2. The Kier molecular flexibility index (Phi) is 7.79. The van der Waals surface area contributed by atoms with E-state index < -0.39 is 11.9 Å². The molecule has 0 saturated carbocycles. The maximum atomic E-state index is 13.4.